The van der Waals surface area contributed by atoms with E-state index in [1.165, 1.54) is 6.21 Å². The van der Waals surface area contributed by atoms with Gasteiger partial charge in [0.2, 0.25) is 0 Å². The molecule has 10 heavy (non-hydrogen) atoms. The van der Waals surface area contributed by atoms with Crippen molar-refractivity contribution in [2.24, 2.45) is 4.99 Å². The number of aliphatic imine (C=N–C) groups is 1. The molecule has 0 spiro atoms. The van der Waals surface area contributed by atoms with Gasteiger partial charge in [-0.3, -0.25) is 4.99 Å². The van der Waals surface area contributed by atoms with E-state index in [2.05, 4.69) is 4.99 Å². The molecule has 0 aliphatic heterocycles. The monoisotopic (exact) mass is 141 g/mol. The topological polar surface area (TPSA) is 49.7 Å². The SMILES string of the molecule is CC/C=C(\C=NC)C(=O)O. The van der Waals surface area contributed by atoms with Crippen LogP contribution >= 0.6 is 0 Å². The Morgan fingerprint density at radius 1 is 1.70 bits per heavy atom. The lowest BCUT2D eigenvalue weighted by Crippen LogP contribution is -2.01. The molecule has 0 saturated heterocycles. The second-order valence-electron chi connectivity index (χ2n) is 1.76. The van der Waals surface area contributed by atoms with Crippen molar-refractivity contribution in [2.75, 3.05) is 7.05 Å². The summed E-state index contributed by atoms with van der Waals surface area (Å²) in [6.45, 7) is 1.88. The zero-order valence-corrected chi connectivity index (χ0v) is 6.16. The number of nitrogens with zero attached hydrogens (tertiary/aromatic N) is 1. The fourth-order valence-electron chi connectivity index (χ4n) is 0.554. The molecular weight excluding hydrogens is 130 g/mol. The summed E-state index contributed by atoms with van der Waals surface area (Å²) in [6.07, 6.45) is 3.68. The Morgan fingerprint density at radius 2 is 2.30 bits per heavy atom. The van der Waals surface area contributed by atoms with Crippen LogP contribution in [-0.2, 0) is 4.79 Å². The molecule has 0 heterocycles. The molecule has 0 amide bonds. The second kappa shape index (κ2) is 4.73. The molecule has 0 atom stereocenters. The maximum absolute atomic E-state index is 10.3. The molecule has 0 unspecified atom stereocenters. The van der Waals surface area contributed by atoms with Crippen molar-refractivity contribution in [3.8, 4) is 0 Å². The van der Waals surface area contributed by atoms with Crippen LogP contribution in [0.15, 0.2) is 16.6 Å². The number of carbonyl (C=O) groups is 1. The summed E-state index contributed by atoms with van der Waals surface area (Å²) in [5, 5.41) is 8.48. The number of aliphatic carboxylic acids is 1. The molecule has 0 fully saturated rings. The standard InChI is InChI=1S/C7H11NO2/c1-3-4-6(5-8-2)7(9)10/h4-5H,3H2,1-2H3,(H,9,10)/b6-4+,8-5?. The van der Waals surface area contributed by atoms with Crippen molar-refractivity contribution in [1.82, 2.24) is 0 Å². The molecule has 3 heteroatoms. The van der Waals surface area contributed by atoms with Crippen molar-refractivity contribution in [3.05, 3.63) is 11.6 Å². The van der Waals surface area contributed by atoms with Crippen molar-refractivity contribution in [2.45, 2.75) is 13.3 Å². The summed E-state index contributed by atoms with van der Waals surface area (Å²) in [5.41, 5.74) is 0.255. The van der Waals surface area contributed by atoms with Crippen LogP contribution in [0.5, 0.6) is 0 Å². The third kappa shape index (κ3) is 3.02. The summed E-state index contributed by atoms with van der Waals surface area (Å²) in [7, 11) is 1.55. The van der Waals surface area contributed by atoms with E-state index >= 15 is 0 Å². The van der Waals surface area contributed by atoms with Crippen LogP contribution < -0.4 is 0 Å². The lowest BCUT2D eigenvalue weighted by atomic mass is 10.2. The third-order valence-electron chi connectivity index (χ3n) is 0.939. The Bertz CT molecular complexity index is 170. The van der Waals surface area contributed by atoms with Gasteiger partial charge in [0.15, 0.2) is 0 Å². The summed E-state index contributed by atoms with van der Waals surface area (Å²) in [4.78, 5) is 13.9. The lowest BCUT2D eigenvalue weighted by molar-refractivity contribution is -0.132. The predicted octanol–water partition coefficient (Wildman–Crippen LogP) is 1.11. The van der Waals surface area contributed by atoms with Gasteiger partial charge in [-0.05, 0) is 6.42 Å². The summed E-state index contributed by atoms with van der Waals surface area (Å²) in [5.74, 6) is -0.924. The van der Waals surface area contributed by atoms with Crippen molar-refractivity contribution < 1.29 is 9.90 Å². The Kier molecular flexibility index (Phi) is 4.20. The Balaban J connectivity index is 4.26. The van der Waals surface area contributed by atoms with Crippen LogP contribution in [0.1, 0.15) is 13.3 Å². The van der Waals surface area contributed by atoms with Crippen LogP contribution in [0.3, 0.4) is 0 Å². The summed E-state index contributed by atoms with van der Waals surface area (Å²) >= 11 is 0. The number of hydrogen-bond donors (Lipinski definition) is 1. The van der Waals surface area contributed by atoms with Crippen LogP contribution in [0.4, 0.5) is 0 Å². The smallest absolute Gasteiger partial charge is 0.336 e. The molecule has 0 aromatic carbocycles. The van der Waals surface area contributed by atoms with E-state index in [1.54, 1.807) is 13.1 Å². The molecule has 0 aliphatic rings. The van der Waals surface area contributed by atoms with E-state index in [1.807, 2.05) is 6.92 Å². The molecule has 56 valence electrons. The highest BCUT2D eigenvalue weighted by Gasteiger charge is 2.00. The van der Waals surface area contributed by atoms with Gasteiger partial charge in [0.05, 0.1) is 5.57 Å². The first kappa shape index (κ1) is 8.88. The van der Waals surface area contributed by atoms with E-state index in [9.17, 15) is 4.79 Å². The average Bonchev–Trinajstić information content (AvgIpc) is 1.87. The molecule has 0 aromatic rings. The molecule has 0 rings (SSSR count). The molecule has 0 bridgehead atoms. The van der Waals surface area contributed by atoms with Crippen LogP contribution in [0.25, 0.3) is 0 Å². The normalized spacial score (nSPS) is 12.4. The molecular formula is C7H11NO2. The van der Waals surface area contributed by atoms with Crippen LogP contribution in [-0.4, -0.2) is 24.3 Å². The number of rotatable bonds is 3. The predicted molar refractivity (Wildman–Crippen MR) is 40.4 cm³/mol. The first-order valence-electron chi connectivity index (χ1n) is 3.08. The Morgan fingerprint density at radius 3 is 2.60 bits per heavy atom. The first-order valence-corrected chi connectivity index (χ1v) is 3.08. The highest BCUT2D eigenvalue weighted by Crippen LogP contribution is 1.92. The molecule has 0 aromatic heterocycles. The molecule has 1 N–H and O–H groups in total. The fraction of sp³-hybridized carbons (Fsp3) is 0.429. The first-order chi connectivity index (χ1) is 4.72. The van der Waals surface area contributed by atoms with E-state index in [4.69, 9.17) is 5.11 Å². The minimum absolute atomic E-state index is 0.255. The Hall–Kier alpha value is -1.12. The van der Waals surface area contributed by atoms with E-state index in [0.29, 0.717) is 6.42 Å². The van der Waals surface area contributed by atoms with Crippen molar-refractivity contribution in [3.63, 3.8) is 0 Å². The number of allylic oxidation sites excluding steroid dienone is 1. The van der Waals surface area contributed by atoms with Gasteiger partial charge >= 0.3 is 5.97 Å². The highest BCUT2D eigenvalue weighted by atomic mass is 16.4. The van der Waals surface area contributed by atoms with Crippen LogP contribution in [0, 0.1) is 0 Å². The zero-order chi connectivity index (χ0) is 7.98. The Labute approximate surface area is 60.1 Å². The number of carboxylic acids is 1. The molecule has 0 radical (unpaired) electrons. The number of hydrogen-bond acceptors (Lipinski definition) is 2. The van der Waals surface area contributed by atoms with Gasteiger partial charge in [0.25, 0.3) is 0 Å². The summed E-state index contributed by atoms with van der Waals surface area (Å²) in [6, 6.07) is 0. The van der Waals surface area contributed by atoms with Gasteiger partial charge < -0.3 is 5.11 Å². The van der Waals surface area contributed by atoms with Gasteiger partial charge in [-0.25, -0.2) is 4.79 Å². The van der Waals surface area contributed by atoms with Gasteiger partial charge in [0.1, 0.15) is 0 Å². The largest absolute Gasteiger partial charge is 0.478 e. The maximum Gasteiger partial charge on any atom is 0.336 e. The highest BCUT2D eigenvalue weighted by molar-refractivity contribution is 6.08. The van der Waals surface area contributed by atoms with E-state index in [0.717, 1.165) is 0 Å². The zero-order valence-electron chi connectivity index (χ0n) is 6.16. The second-order valence-corrected chi connectivity index (χ2v) is 1.76. The fourth-order valence-corrected chi connectivity index (χ4v) is 0.554. The van der Waals surface area contributed by atoms with Gasteiger partial charge in [-0.2, -0.15) is 0 Å². The van der Waals surface area contributed by atoms with Crippen molar-refractivity contribution >= 4 is 12.2 Å². The van der Waals surface area contributed by atoms with E-state index in [-0.39, 0.29) is 5.57 Å². The maximum atomic E-state index is 10.3. The minimum atomic E-state index is -0.924. The lowest BCUT2D eigenvalue weighted by Gasteiger charge is -1.89. The molecule has 0 saturated carbocycles. The van der Waals surface area contributed by atoms with Gasteiger partial charge in [-0.1, -0.05) is 13.0 Å². The van der Waals surface area contributed by atoms with Gasteiger partial charge in [-0.15, -0.1) is 0 Å². The minimum Gasteiger partial charge on any atom is -0.478 e. The average molecular weight is 141 g/mol. The molecule has 3 nitrogen and oxygen atoms in total. The van der Waals surface area contributed by atoms with Gasteiger partial charge in [0, 0.05) is 13.3 Å². The quantitative estimate of drug-likeness (QED) is 0.472. The number of carboxylic acid groups (broad SMARTS) is 1. The summed E-state index contributed by atoms with van der Waals surface area (Å²) < 4.78 is 0. The van der Waals surface area contributed by atoms with Crippen molar-refractivity contribution in [1.29, 1.82) is 0 Å². The van der Waals surface area contributed by atoms with E-state index < -0.39 is 5.97 Å². The third-order valence-corrected chi connectivity index (χ3v) is 0.939. The van der Waals surface area contributed by atoms with Crippen LogP contribution in [0.2, 0.25) is 0 Å². The molecule has 0 aliphatic carbocycles.